The maximum atomic E-state index is 6.31. The van der Waals surface area contributed by atoms with Crippen molar-refractivity contribution in [2.24, 2.45) is 5.92 Å². The quantitative estimate of drug-likeness (QED) is 0.661. The lowest BCUT2D eigenvalue weighted by Crippen LogP contribution is -2.16. The van der Waals surface area contributed by atoms with Crippen LogP contribution in [0.5, 0.6) is 0 Å². The van der Waals surface area contributed by atoms with E-state index in [2.05, 4.69) is 20.8 Å². The third kappa shape index (κ3) is 2.90. The number of rotatable bonds is 3. The lowest BCUT2D eigenvalue weighted by Gasteiger charge is -2.21. The molecular formula is C12H16Cl2. The van der Waals surface area contributed by atoms with E-state index in [0.29, 0.717) is 11.8 Å². The zero-order chi connectivity index (χ0) is 10.7. The van der Waals surface area contributed by atoms with Gasteiger partial charge in [-0.1, -0.05) is 44.5 Å². The third-order valence-corrected chi connectivity index (χ3v) is 3.64. The van der Waals surface area contributed by atoms with Crippen LogP contribution in [0.3, 0.4) is 0 Å². The van der Waals surface area contributed by atoms with Crippen LogP contribution >= 0.6 is 23.2 Å². The smallest absolute Gasteiger partial charge is 0.0424 e. The van der Waals surface area contributed by atoms with Gasteiger partial charge in [-0.15, -0.1) is 11.6 Å². The summed E-state index contributed by atoms with van der Waals surface area (Å²) in [4.78, 5) is 0. The van der Waals surface area contributed by atoms with Gasteiger partial charge in [-0.3, -0.25) is 0 Å². The van der Waals surface area contributed by atoms with Crippen LogP contribution in [0.2, 0.25) is 5.02 Å². The minimum absolute atomic E-state index is 0.177. The van der Waals surface area contributed by atoms with E-state index in [1.54, 1.807) is 0 Å². The molecule has 1 aromatic carbocycles. The molecule has 78 valence electrons. The predicted octanol–water partition coefficient (Wildman–Crippen LogP) is 4.71. The second-order valence-corrected chi connectivity index (χ2v) is 4.97. The van der Waals surface area contributed by atoms with E-state index < -0.39 is 0 Å². The van der Waals surface area contributed by atoms with E-state index in [-0.39, 0.29) is 5.38 Å². The lowest BCUT2D eigenvalue weighted by atomic mass is 9.91. The van der Waals surface area contributed by atoms with Crippen LogP contribution in [0.25, 0.3) is 0 Å². The van der Waals surface area contributed by atoms with Gasteiger partial charge in [-0.25, -0.2) is 0 Å². The molecule has 0 aliphatic carbocycles. The molecule has 0 amide bonds. The first-order chi connectivity index (χ1) is 6.52. The molecule has 0 heterocycles. The second kappa shape index (κ2) is 5.04. The van der Waals surface area contributed by atoms with Crippen molar-refractivity contribution < 1.29 is 0 Å². The van der Waals surface area contributed by atoms with Gasteiger partial charge in [0.15, 0.2) is 0 Å². The van der Waals surface area contributed by atoms with Crippen LogP contribution in [0.15, 0.2) is 24.3 Å². The Morgan fingerprint density at radius 3 is 1.93 bits per heavy atom. The first-order valence-corrected chi connectivity index (χ1v) is 5.73. The average molecular weight is 231 g/mol. The Bertz CT molecular complexity index is 277. The molecule has 0 aromatic heterocycles. The molecule has 1 aromatic rings. The van der Waals surface area contributed by atoms with Crippen molar-refractivity contribution in [1.82, 2.24) is 0 Å². The maximum Gasteiger partial charge on any atom is 0.0424 e. The number of hydrogen-bond donors (Lipinski definition) is 0. The zero-order valence-electron chi connectivity index (χ0n) is 8.80. The number of benzene rings is 1. The highest BCUT2D eigenvalue weighted by Gasteiger charge is 2.19. The van der Waals surface area contributed by atoms with Gasteiger partial charge in [-0.2, -0.15) is 0 Å². The topological polar surface area (TPSA) is 0 Å². The van der Waals surface area contributed by atoms with Gasteiger partial charge in [0.25, 0.3) is 0 Å². The SMILES string of the molecule is CC(C)C(Cl)C(C)c1ccc(Cl)cc1. The molecule has 0 spiro atoms. The van der Waals surface area contributed by atoms with E-state index in [1.807, 2.05) is 24.3 Å². The van der Waals surface area contributed by atoms with Crippen LogP contribution < -0.4 is 0 Å². The molecule has 0 saturated heterocycles. The molecular weight excluding hydrogens is 215 g/mol. The highest BCUT2D eigenvalue weighted by atomic mass is 35.5. The summed E-state index contributed by atoms with van der Waals surface area (Å²) < 4.78 is 0. The molecule has 0 saturated carbocycles. The summed E-state index contributed by atoms with van der Waals surface area (Å²) in [5.41, 5.74) is 1.25. The first kappa shape index (κ1) is 11.9. The Morgan fingerprint density at radius 1 is 1.00 bits per heavy atom. The van der Waals surface area contributed by atoms with Gasteiger partial charge in [0.2, 0.25) is 0 Å². The minimum Gasteiger partial charge on any atom is -0.122 e. The summed E-state index contributed by atoms with van der Waals surface area (Å²) in [6, 6.07) is 7.92. The maximum absolute atomic E-state index is 6.31. The molecule has 0 aliphatic rings. The van der Waals surface area contributed by atoms with Crippen molar-refractivity contribution in [2.75, 3.05) is 0 Å². The Balaban J connectivity index is 2.78. The summed E-state index contributed by atoms with van der Waals surface area (Å²) >= 11 is 12.1. The highest BCUT2D eigenvalue weighted by molar-refractivity contribution is 6.30. The van der Waals surface area contributed by atoms with Gasteiger partial charge in [0.1, 0.15) is 0 Å². The molecule has 2 unspecified atom stereocenters. The molecule has 0 nitrogen and oxygen atoms in total. The van der Waals surface area contributed by atoms with Crippen LogP contribution in [0.1, 0.15) is 32.3 Å². The monoisotopic (exact) mass is 230 g/mol. The molecule has 0 fully saturated rings. The van der Waals surface area contributed by atoms with E-state index in [0.717, 1.165) is 5.02 Å². The fourth-order valence-electron chi connectivity index (χ4n) is 1.53. The van der Waals surface area contributed by atoms with Crippen molar-refractivity contribution in [2.45, 2.75) is 32.1 Å². The van der Waals surface area contributed by atoms with Gasteiger partial charge in [0, 0.05) is 10.4 Å². The first-order valence-electron chi connectivity index (χ1n) is 4.92. The van der Waals surface area contributed by atoms with Crippen LogP contribution in [0, 0.1) is 5.92 Å². The fourth-order valence-corrected chi connectivity index (χ4v) is 1.80. The Labute approximate surface area is 96.2 Å². The van der Waals surface area contributed by atoms with Gasteiger partial charge in [-0.05, 0) is 29.5 Å². The van der Waals surface area contributed by atoms with Crippen LogP contribution in [-0.4, -0.2) is 5.38 Å². The molecule has 2 atom stereocenters. The standard InChI is InChI=1S/C12H16Cl2/c1-8(2)12(14)9(3)10-4-6-11(13)7-5-10/h4-9,12H,1-3H3. The second-order valence-electron chi connectivity index (χ2n) is 4.03. The lowest BCUT2D eigenvalue weighted by molar-refractivity contribution is 0.534. The molecule has 2 heteroatoms. The number of halogens is 2. The molecule has 1 rings (SSSR count). The molecule has 0 N–H and O–H groups in total. The largest absolute Gasteiger partial charge is 0.122 e. The average Bonchev–Trinajstić information content (AvgIpc) is 2.16. The normalized spacial score (nSPS) is 15.6. The molecule has 0 bridgehead atoms. The molecule has 0 aliphatic heterocycles. The van der Waals surface area contributed by atoms with Crippen molar-refractivity contribution in [3.05, 3.63) is 34.9 Å². The van der Waals surface area contributed by atoms with Crippen molar-refractivity contribution >= 4 is 23.2 Å². The van der Waals surface area contributed by atoms with E-state index in [4.69, 9.17) is 23.2 Å². The molecule has 14 heavy (non-hydrogen) atoms. The fraction of sp³-hybridized carbons (Fsp3) is 0.500. The van der Waals surface area contributed by atoms with Gasteiger partial charge >= 0.3 is 0 Å². The minimum atomic E-state index is 0.177. The van der Waals surface area contributed by atoms with Crippen LogP contribution in [-0.2, 0) is 0 Å². The van der Waals surface area contributed by atoms with E-state index in [9.17, 15) is 0 Å². The van der Waals surface area contributed by atoms with Crippen molar-refractivity contribution in [3.63, 3.8) is 0 Å². The summed E-state index contributed by atoms with van der Waals surface area (Å²) in [6.07, 6.45) is 0. The highest BCUT2D eigenvalue weighted by Crippen LogP contribution is 2.28. The van der Waals surface area contributed by atoms with Crippen LogP contribution in [0.4, 0.5) is 0 Å². The Hall–Kier alpha value is -0.200. The summed E-state index contributed by atoms with van der Waals surface area (Å²) in [5.74, 6) is 0.858. The zero-order valence-corrected chi connectivity index (χ0v) is 10.3. The summed E-state index contributed by atoms with van der Waals surface area (Å²) in [5, 5.41) is 0.952. The Morgan fingerprint density at radius 2 is 1.50 bits per heavy atom. The Kier molecular flexibility index (Phi) is 4.28. The van der Waals surface area contributed by atoms with Gasteiger partial charge < -0.3 is 0 Å². The van der Waals surface area contributed by atoms with Gasteiger partial charge in [0.05, 0.1) is 0 Å². The van der Waals surface area contributed by atoms with Crippen molar-refractivity contribution in [3.8, 4) is 0 Å². The third-order valence-electron chi connectivity index (χ3n) is 2.51. The van der Waals surface area contributed by atoms with E-state index in [1.165, 1.54) is 5.56 Å². The molecule has 0 radical (unpaired) electrons. The summed E-state index contributed by atoms with van der Waals surface area (Å²) in [7, 11) is 0. The predicted molar refractivity (Wildman–Crippen MR) is 64.3 cm³/mol. The van der Waals surface area contributed by atoms with E-state index >= 15 is 0 Å². The number of alkyl halides is 1. The number of hydrogen-bond acceptors (Lipinski definition) is 0. The van der Waals surface area contributed by atoms with Crippen molar-refractivity contribution in [1.29, 1.82) is 0 Å². The summed E-state index contributed by atoms with van der Waals surface area (Å²) in [6.45, 7) is 6.44.